The number of methoxy groups -OCH3 is 1. The van der Waals surface area contributed by atoms with Crippen LogP contribution in [0.4, 0.5) is 0 Å². The van der Waals surface area contributed by atoms with Crippen LogP contribution in [0, 0.1) is 0 Å². The SMILES string of the molecule is COC(C)CNS(=O)(=O)c1c(C(=O)O)sc2ccccc12. The quantitative estimate of drug-likeness (QED) is 0.844. The van der Waals surface area contributed by atoms with Crippen LogP contribution in [-0.4, -0.2) is 39.3 Å². The first-order chi connectivity index (χ1) is 9.86. The molecule has 114 valence electrons. The number of carboxylic acids is 1. The lowest BCUT2D eigenvalue weighted by Crippen LogP contribution is -2.32. The minimum absolute atomic E-state index is 0.0715. The summed E-state index contributed by atoms with van der Waals surface area (Å²) in [6.45, 7) is 1.79. The van der Waals surface area contributed by atoms with Crippen LogP contribution >= 0.6 is 11.3 Å². The van der Waals surface area contributed by atoms with E-state index in [1.807, 2.05) is 0 Å². The second-order valence-corrected chi connectivity index (χ2v) is 7.22. The Morgan fingerprint density at radius 3 is 2.71 bits per heavy atom. The molecule has 0 aliphatic heterocycles. The highest BCUT2D eigenvalue weighted by Gasteiger charge is 2.28. The second-order valence-electron chi connectivity index (χ2n) is 4.46. The summed E-state index contributed by atoms with van der Waals surface area (Å²) in [6, 6.07) is 6.72. The molecule has 0 radical (unpaired) electrons. The maximum atomic E-state index is 12.4. The lowest BCUT2D eigenvalue weighted by atomic mass is 10.2. The van der Waals surface area contributed by atoms with Gasteiger partial charge >= 0.3 is 5.97 Å². The van der Waals surface area contributed by atoms with Gasteiger partial charge < -0.3 is 9.84 Å². The van der Waals surface area contributed by atoms with Crippen molar-refractivity contribution in [3.8, 4) is 0 Å². The van der Waals surface area contributed by atoms with Gasteiger partial charge in [0.25, 0.3) is 0 Å². The van der Waals surface area contributed by atoms with Gasteiger partial charge in [0.05, 0.1) is 6.10 Å². The average Bonchev–Trinajstić information content (AvgIpc) is 2.85. The first kappa shape index (κ1) is 15.9. The van der Waals surface area contributed by atoms with Crippen molar-refractivity contribution >= 4 is 37.4 Å². The smallest absolute Gasteiger partial charge is 0.347 e. The molecule has 0 bridgehead atoms. The van der Waals surface area contributed by atoms with Crippen molar-refractivity contribution < 1.29 is 23.1 Å². The number of rotatable bonds is 6. The van der Waals surface area contributed by atoms with Crippen LogP contribution in [0.15, 0.2) is 29.2 Å². The largest absolute Gasteiger partial charge is 0.477 e. The van der Waals surface area contributed by atoms with Crippen molar-refractivity contribution in [2.75, 3.05) is 13.7 Å². The summed E-state index contributed by atoms with van der Waals surface area (Å²) in [6.07, 6.45) is -0.307. The molecular formula is C13H15NO5S2. The van der Waals surface area contributed by atoms with Gasteiger partial charge in [-0.15, -0.1) is 11.3 Å². The molecule has 1 aromatic heterocycles. The third-order valence-corrected chi connectivity index (χ3v) is 5.77. The van der Waals surface area contributed by atoms with E-state index in [2.05, 4.69) is 4.72 Å². The Balaban J connectivity index is 2.53. The van der Waals surface area contributed by atoms with E-state index < -0.39 is 16.0 Å². The number of fused-ring (bicyclic) bond motifs is 1. The summed E-state index contributed by atoms with van der Waals surface area (Å²) in [5, 5.41) is 9.66. The minimum Gasteiger partial charge on any atom is -0.477 e. The van der Waals surface area contributed by atoms with Gasteiger partial charge in [-0.3, -0.25) is 0 Å². The summed E-state index contributed by atoms with van der Waals surface area (Å²) in [7, 11) is -2.45. The highest BCUT2D eigenvalue weighted by Crippen LogP contribution is 2.34. The zero-order valence-corrected chi connectivity index (χ0v) is 13.1. The van der Waals surface area contributed by atoms with E-state index in [-0.39, 0.29) is 22.4 Å². The van der Waals surface area contributed by atoms with Crippen molar-refractivity contribution in [3.63, 3.8) is 0 Å². The molecule has 2 rings (SSSR count). The van der Waals surface area contributed by atoms with Crippen LogP contribution in [0.1, 0.15) is 16.6 Å². The lowest BCUT2D eigenvalue weighted by molar-refractivity contribution is 0.0698. The van der Waals surface area contributed by atoms with Crippen molar-refractivity contribution in [2.45, 2.75) is 17.9 Å². The van der Waals surface area contributed by atoms with Crippen LogP contribution in [-0.2, 0) is 14.8 Å². The van der Waals surface area contributed by atoms with Crippen molar-refractivity contribution in [2.24, 2.45) is 0 Å². The maximum absolute atomic E-state index is 12.4. The summed E-state index contributed by atoms with van der Waals surface area (Å²) in [5.74, 6) is -1.25. The first-order valence-electron chi connectivity index (χ1n) is 6.14. The van der Waals surface area contributed by atoms with Crippen LogP contribution < -0.4 is 4.72 Å². The predicted octanol–water partition coefficient (Wildman–Crippen LogP) is 1.91. The highest BCUT2D eigenvalue weighted by molar-refractivity contribution is 7.90. The molecule has 1 heterocycles. The molecule has 0 saturated heterocycles. The Bertz CT molecular complexity index is 766. The van der Waals surface area contributed by atoms with Crippen LogP contribution in [0.3, 0.4) is 0 Å². The fraction of sp³-hybridized carbons (Fsp3) is 0.308. The van der Waals surface area contributed by atoms with Gasteiger partial charge in [0.1, 0.15) is 9.77 Å². The number of sulfonamides is 1. The number of ether oxygens (including phenoxy) is 1. The van der Waals surface area contributed by atoms with Gasteiger partial charge in [0, 0.05) is 23.7 Å². The van der Waals surface area contributed by atoms with Gasteiger partial charge in [-0.1, -0.05) is 18.2 Å². The standard InChI is InChI=1S/C13H15NO5S2/c1-8(19-2)7-14-21(17,18)12-9-5-3-4-6-10(9)20-11(12)13(15)16/h3-6,8,14H,7H2,1-2H3,(H,15,16). The topological polar surface area (TPSA) is 92.7 Å². The molecule has 21 heavy (non-hydrogen) atoms. The first-order valence-corrected chi connectivity index (χ1v) is 8.44. The monoisotopic (exact) mass is 329 g/mol. The second kappa shape index (κ2) is 6.10. The molecule has 0 aliphatic rings. The molecule has 1 unspecified atom stereocenters. The number of carbonyl (C=O) groups is 1. The van der Waals surface area contributed by atoms with Gasteiger partial charge in [0.2, 0.25) is 10.0 Å². The molecule has 2 N–H and O–H groups in total. The third-order valence-electron chi connectivity index (χ3n) is 2.98. The Morgan fingerprint density at radius 1 is 1.43 bits per heavy atom. The maximum Gasteiger partial charge on any atom is 0.347 e. The molecule has 1 atom stereocenters. The molecule has 8 heteroatoms. The number of nitrogens with one attached hydrogen (secondary N) is 1. The number of thiophene rings is 1. The predicted molar refractivity (Wildman–Crippen MR) is 80.4 cm³/mol. The summed E-state index contributed by atoms with van der Waals surface area (Å²) >= 11 is 0.949. The molecule has 0 amide bonds. The highest BCUT2D eigenvalue weighted by atomic mass is 32.2. The zero-order chi connectivity index (χ0) is 15.6. The van der Waals surface area contributed by atoms with E-state index in [1.165, 1.54) is 7.11 Å². The number of aromatic carboxylic acids is 1. The Hall–Kier alpha value is -1.48. The minimum atomic E-state index is -3.92. The summed E-state index contributed by atoms with van der Waals surface area (Å²) < 4.78 is 32.9. The number of benzene rings is 1. The normalized spacial score (nSPS) is 13.4. The van der Waals surface area contributed by atoms with E-state index in [4.69, 9.17) is 4.74 Å². The molecule has 0 fully saturated rings. The Kier molecular flexibility index (Phi) is 4.62. The summed E-state index contributed by atoms with van der Waals surface area (Å²) in [4.78, 5) is 11.0. The number of hydrogen-bond donors (Lipinski definition) is 2. The van der Waals surface area contributed by atoms with Crippen LogP contribution in [0.5, 0.6) is 0 Å². The van der Waals surface area contributed by atoms with E-state index in [0.717, 1.165) is 11.3 Å². The Labute approximate surface area is 126 Å². The molecular weight excluding hydrogens is 314 g/mol. The van der Waals surface area contributed by atoms with E-state index >= 15 is 0 Å². The van der Waals surface area contributed by atoms with Crippen molar-refractivity contribution in [1.29, 1.82) is 0 Å². The van der Waals surface area contributed by atoms with Crippen molar-refractivity contribution in [1.82, 2.24) is 4.72 Å². The molecule has 6 nitrogen and oxygen atoms in total. The van der Waals surface area contributed by atoms with Crippen LogP contribution in [0.25, 0.3) is 10.1 Å². The zero-order valence-electron chi connectivity index (χ0n) is 11.5. The molecule has 2 aromatic rings. The lowest BCUT2D eigenvalue weighted by Gasteiger charge is -2.11. The van der Waals surface area contributed by atoms with Gasteiger partial charge in [-0.25, -0.2) is 17.9 Å². The van der Waals surface area contributed by atoms with Gasteiger partial charge in [-0.2, -0.15) is 0 Å². The number of hydrogen-bond acceptors (Lipinski definition) is 5. The van der Waals surface area contributed by atoms with E-state index in [9.17, 15) is 18.3 Å². The molecule has 0 aliphatic carbocycles. The van der Waals surface area contributed by atoms with E-state index in [1.54, 1.807) is 31.2 Å². The third kappa shape index (κ3) is 3.24. The summed E-state index contributed by atoms with van der Waals surface area (Å²) in [5.41, 5.74) is 0. The van der Waals surface area contributed by atoms with Crippen LogP contribution in [0.2, 0.25) is 0 Å². The molecule has 0 saturated carbocycles. The van der Waals surface area contributed by atoms with Gasteiger partial charge in [-0.05, 0) is 13.0 Å². The number of carboxylic acid groups (broad SMARTS) is 1. The van der Waals surface area contributed by atoms with E-state index in [0.29, 0.717) is 10.1 Å². The Morgan fingerprint density at radius 2 is 2.10 bits per heavy atom. The molecule has 1 aromatic carbocycles. The van der Waals surface area contributed by atoms with Gasteiger partial charge in [0.15, 0.2) is 0 Å². The van der Waals surface area contributed by atoms with Crippen molar-refractivity contribution in [3.05, 3.63) is 29.1 Å². The fourth-order valence-corrected chi connectivity index (χ4v) is 4.66. The fourth-order valence-electron chi connectivity index (χ4n) is 1.81. The molecule has 0 spiro atoms. The average molecular weight is 329 g/mol.